The minimum atomic E-state index is -3.81. The summed E-state index contributed by atoms with van der Waals surface area (Å²) in [5, 5.41) is 9.39. The van der Waals surface area contributed by atoms with Crippen molar-refractivity contribution < 1.29 is 27.1 Å². The molecule has 1 N–H and O–H groups in total. The van der Waals surface area contributed by atoms with E-state index in [9.17, 15) is 22.0 Å². The average Bonchev–Trinajstić information content (AvgIpc) is 2.45. The minimum absolute atomic E-state index is 0.00313. The van der Waals surface area contributed by atoms with Gasteiger partial charge in [0.25, 0.3) is 6.43 Å². The number of sulfone groups is 1. The summed E-state index contributed by atoms with van der Waals surface area (Å²) in [4.78, 5) is 12.4. The molecule has 116 valence electrons. The highest BCUT2D eigenvalue weighted by atomic mass is 32.2. The van der Waals surface area contributed by atoms with Gasteiger partial charge in [0.05, 0.1) is 18.0 Å². The van der Waals surface area contributed by atoms with Gasteiger partial charge in [0.1, 0.15) is 0 Å². The number of nitrogens with zero attached hydrogens (tertiary/aromatic N) is 1. The van der Waals surface area contributed by atoms with E-state index in [4.69, 9.17) is 5.11 Å². The zero-order valence-corrected chi connectivity index (χ0v) is 11.8. The van der Waals surface area contributed by atoms with E-state index in [1.165, 1.54) is 24.3 Å². The third-order valence-electron chi connectivity index (χ3n) is 2.50. The predicted molar refractivity (Wildman–Crippen MR) is 72.4 cm³/mol. The van der Waals surface area contributed by atoms with Crippen LogP contribution in [0.4, 0.5) is 8.78 Å². The first kappa shape index (κ1) is 17.3. The molecule has 0 aromatic heterocycles. The van der Waals surface area contributed by atoms with Crippen molar-refractivity contribution in [1.29, 1.82) is 0 Å². The lowest BCUT2D eigenvalue weighted by Gasteiger charge is -2.19. The van der Waals surface area contributed by atoms with Crippen LogP contribution >= 0.6 is 0 Å². The van der Waals surface area contributed by atoms with Crippen LogP contribution in [0.25, 0.3) is 0 Å². The van der Waals surface area contributed by atoms with E-state index < -0.39 is 35.3 Å². The number of hydrogen-bond acceptors (Lipinski definition) is 4. The predicted octanol–water partition coefficient (Wildman–Crippen LogP) is 1.06. The van der Waals surface area contributed by atoms with E-state index in [1.807, 2.05) is 0 Å². The van der Waals surface area contributed by atoms with Gasteiger partial charge in [0.2, 0.25) is 5.91 Å². The molecule has 0 atom stereocenters. The quantitative estimate of drug-likeness (QED) is 0.763. The minimum Gasteiger partial charge on any atom is -0.395 e. The van der Waals surface area contributed by atoms with E-state index in [-0.39, 0.29) is 11.4 Å². The highest BCUT2D eigenvalue weighted by Gasteiger charge is 2.17. The van der Waals surface area contributed by atoms with Gasteiger partial charge in [-0.2, -0.15) is 0 Å². The lowest BCUT2D eigenvalue weighted by Crippen LogP contribution is -2.36. The third-order valence-corrected chi connectivity index (χ3v) is 3.93. The highest BCUT2D eigenvalue weighted by molar-refractivity contribution is 7.94. The smallest absolute Gasteiger partial charge is 0.255 e. The molecule has 0 radical (unpaired) electrons. The molecule has 0 saturated heterocycles. The van der Waals surface area contributed by atoms with Crippen molar-refractivity contribution in [3.05, 3.63) is 41.8 Å². The fourth-order valence-electron chi connectivity index (χ4n) is 1.52. The van der Waals surface area contributed by atoms with Gasteiger partial charge in [-0.1, -0.05) is 18.2 Å². The second-order valence-electron chi connectivity index (χ2n) is 4.06. The normalized spacial score (nSPS) is 12.0. The van der Waals surface area contributed by atoms with Crippen LogP contribution in [-0.4, -0.2) is 50.5 Å². The molecule has 0 bridgehead atoms. The summed E-state index contributed by atoms with van der Waals surface area (Å²) < 4.78 is 48.3. The number of aliphatic hydroxyl groups excluding tert-OH is 1. The van der Waals surface area contributed by atoms with Crippen molar-refractivity contribution in [3.8, 4) is 0 Å². The fourth-order valence-corrected chi connectivity index (χ4v) is 2.51. The van der Waals surface area contributed by atoms with Gasteiger partial charge in [-0.3, -0.25) is 4.79 Å². The van der Waals surface area contributed by atoms with Crippen LogP contribution in [-0.2, 0) is 14.6 Å². The van der Waals surface area contributed by atoms with Crippen LogP contribution in [0.1, 0.15) is 0 Å². The van der Waals surface area contributed by atoms with Gasteiger partial charge in [-0.25, -0.2) is 17.2 Å². The lowest BCUT2D eigenvalue weighted by atomic mass is 10.4. The Labute approximate surface area is 121 Å². The number of alkyl halides is 2. The van der Waals surface area contributed by atoms with Crippen molar-refractivity contribution in [1.82, 2.24) is 4.90 Å². The maximum Gasteiger partial charge on any atom is 0.255 e. The number of amides is 1. The van der Waals surface area contributed by atoms with Crippen molar-refractivity contribution in [3.63, 3.8) is 0 Å². The number of rotatable bonds is 7. The molecule has 0 spiro atoms. The van der Waals surface area contributed by atoms with E-state index in [2.05, 4.69) is 0 Å². The van der Waals surface area contributed by atoms with Crippen LogP contribution in [0.3, 0.4) is 0 Å². The molecule has 0 unspecified atom stereocenters. The van der Waals surface area contributed by atoms with E-state index in [1.54, 1.807) is 6.07 Å². The van der Waals surface area contributed by atoms with Crippen LogP contribution in [0.15, 0.2) is 46.7 Å². The van der Waals surface area contributed by atoms with Gasteiger partial charge < -0.3 is 10.0 Å². The third kappa shape index (κ3) is 5.60. The molecule has 0 saturated carbocycles. The summed E-state index contributed by atoms with van der Waals surface area (Å²) in [5.41, 5.74) is 0. The molecule has 0 aliphatic heterocycles. The van der Waals surface area contributed by atoms with Gasteiger partial charge >= 0.3 is 0 Å². The number of benzene rings is 1. The largest absolute Gasteiger partial charge is 0.395 e. The first-order chi connectivity index (χ1) is 9.86. The van der Waals surface area contributed by atoms with E-state index >= 15 is 0 Å². The molecule has 21 heavy (non-hydrogen) atoms. The number of aliphatic hydroxyl groups is 1. The van der Waals surface area contributed by atoms with Crippen molar-refractivity contribution in [2.75, 3.05) is 19.7 Å². The number of carbonyl (C=O) groups is 1. The van der Waals surface area contributed by atoms with Gasteiger partial charge in [-0.05, 0) is 12.1 Å². The molecule has 1 amide bonds. The highest BCUT2D eigenvalue weighted by Crippen LogP contribution is 2.11. The van der Waals surface area contributed by atoms with Gasteiger partial charge in [0.15, 0.2) is 9.84 Å². The molecule has 1 aromatic carbocycles. The summed E-state index contributed by atoms with van der Waals surface area (Å²) in [6.45, 7) is -1.65. The molecule has 0 heterocycles. The summed E-state index contributed by atoms with van der Waals surface area (Å²) in [5.74, 6) is -0.899. The molecule has 5 nitrogen and oxygen atoms in total. The monoisotopic (exact) mass is 319 g/mol. The Hall–Kier alpha value is -1.80. The van der Waals surface area contributed by atoms with Crippen molar-refractivity contribution >= 4 is 15.7 Å². The maximum absolute atomic E-state index is 12.3. The van der Waals surface area contributed by atoms with Crippen molar-refractivity contribution in [2.45, 2.75) is 11.3 Å². The molecular formula is C13H15F2NO4S. The first-order valence-electron chi connectivity index (χ1n) is 6.03. The molecule has 0 aliphatic carbocycles. The SMILES string of the molecule is O=C(/C=C/S(=O)(=O)c1ccccc1)N(CCO)CC(F)F. The number of carbonyl (C=O) groups excluding carboxylic acids is 1. The number of hydrogen-bond donors (Lipinski definition) is 1. The molecular weight excluding hydrogens is 304 g/mol. The van der Waals surface area contributed by atoms with Crippen molar-refractivity contribution in [2.24, 2.45) is 0 Å². The van der Waals surface area contributed by atoms with E-state index in [0.29, 0.717) is 16.4 Å². The molecule has 0 aliphatic rings. The second kappa shape index (κ2) is 7.84. The fraction of sp³-hybridized carbons (Fsp3) is 0.308. The van der Waals surface area contributed by atoms with Crippen LogP contribution in [0, 0.1) is 0 Å². The Balaban J connectivity index is 2.85. The zero-order valence-electron chi connectivity index (χ0n) is 11.0. The van der Waals surface area contributed by atoms with Crippen LogP contribution < -0.4 is 0 Å². The topological polar surface area (TPSA) is 74.7 Å². The second-order valence-corrected chi connectivity index (χ2v) is 5.89. The molecule has 1 rings (SSSR count). The Morgan fingerprint density at radius 1 is 1.29 bits per heavy atom. The maximum atomic E-state index is 12.3. The summed E-state index contributed by atoms with van der Waals surface area (Å²) in [7, 11) is -3.81. The standard InChI is InChI=1S/C13H15F2NO4S/c14-12(15)10-16(7-8-17)13(18)6-9-21(19,20)11-4-2-1-3-5-11/h1-6,9,12,17H,7-8,10H2/b9-6+. The Bertz CT molecular complexity index is 587. The van der Waals surface area contributed by atoms with Crippen LogP contribution in [0.5, 0.6) is 0 Å². The van der Waals surface area contributed by atoms with Crippen LogP contribution in [0.2, 0.25) is 0 Å². The Kier molecular flexibility index (Phi) is 6.44. The Morgan fingerprint density at radius 3 is 2.43 bits per heavy atom. The lowest BCUT2D eigenvalue weighted by molar-refractivity contribution is -0.128. The molecule has 8 heteroatoms. The van der Waals surface area contributed by atoms with E-state index in [0.717, 1.165) is 0 Å². The summed E-state index contributed by atoms with van der Waals surface area (Å²) in [6, 6.07) is 7.40. The van der Waals surface area contributed by atoms with Gasteiger partial charge in [0, 0.05) is 18.0 Å². The molecule has 1 aromatic rings. The molecule has 0 fully saturated rings. The van der Waals surface area contributed by atoms with Gasteiger partial charge in [-0.15, -0.1) is 0 Å². The Morgan fingerprint density at radius 2 is 1.90 bits per heavy atom. The summed E-state index contributed by atoms with van der Waals surface area (Å²) >= 11 is 0. The average molecular weight is 319 g/mol. The number of halogens is 2. The summed E-state index contributed by atoms with van der Waals surface area (Å²) in [6.07, 6.45) is -2.06. The zero-order chi connectivity index (χ0) is 15.9. The first-order valence-corrected chi connectivity index (χ1v) is 7.57.